The van der Waals surface area contributed by atoms with Crippen molar-refractivity contribution in [2.45, 2.75) is 31.3 Å². The van der Waals surface area contributed by atoms with Gasteiger partial charge in [0, 0.05) is 18.2 Å². The fourth-order valence-corrected chi connectivity index (χ4v) is 7.57. The Bertz CT molecular complexity index is 1500. The number of hydrogen-bond donors (Lipinski definition) is 1. The molecule has 2 aromatic heterocycles. The normalized spacial score (nSPS) is 21.9. The largest absolute Gasteiger partial charge is 0.454 e. The van der Waals surface area contributed by atoms with Gasteiger partial charge >= 0.3 is 0 Å². The van der Waals surface area contributed by atoms with Gasteiger partial charge in [-0.15, -0.1) is 22.7 Å². The van der Waals surface area contributed by atoms with Gasteiger partial charge in [0.15, 0.2) is 11.5 Å². The van der Waals surface area contributed by atoms with Gasteiger partial charge in [-0.25, -0.2) is 4.98 Å². The quantitative estimate of drug-likeness (QED) is 0.395. The van der Waals surface area contributed by atoms with E-state index in [0.29, 0.717) is 23.8 Å². The van der Waals surface area contributed by atoms with Crippen molar-refractivity contribution in [3.8, 4) is 22.6 Å². The van der Waals surface area contributed by atoms with Crippen molar-refractivity contribution >= 4 is 44.7 Å². The molecule has 1 N–H and O–H groups in total. The molecule has 4 heterocycles. The SMILES string of the molecule is O=C(NC[C@@H]1[C@H]2CC[C@H](C2)N1C(=O)c1sccc1-c1ccc2c(c1)OCO2)c1cccc2ncsc12. The summed E-state index contributed by atoms with van der Waals surface area (Å²) in [5.41, 5.74) is 5.08. The molecule has 182 valence electrons. The van der Waals surface area contributed by atoms with Crippen LogP contribution in [0.3, 0.4) is 0 Å². The molecular formula is C27H23N3O4S2. The molecule has 3 atom stereocenters. The van der Waals surface area contributed by atoms with Crippen LogP contribution in [0.2, 0.25) is 0 Å². The molecule has 2 amide bonds. The molecule has 1 saturated heterocycles. The third-order valence-electron chi connectivity index (χ3n) is 7.59. The summed E-state index contributed by atoms with van der Waals surface area (Å²) in [5, 5.41) is 5.10. The van der Waals surface area contributed by atoms with Crippen LogP contribution in [0.5, 0.6) is 11.5 Å². The first kappa shape index (κ1) is 21.8. The highest BCUT2D eigenvalue weighted by atomic mass is 32.1. The van der Waals surface area contributed by atoms with Gasteiger partial charge in [0.2, 0.25) is 6.79 Å². The summed E-state index contributed by atoms with van der Waals surface area (Å²) >= 11 is 2.94. The zero-order valence-electron chi connectivity index (χ0n) is 19.3. The third-order valence-corrected chi connectivity index (χ3v) is 9.37. The van der Waals surface area contributed by atoms with E-state index in [0.717, 1.165) is 51.2 Å². The molecule has 9 heteroatoms. The number of carbonyl (C=O) groups is 2. The molecule has 0 spiro atoms. The van der Waals surface area contributed by atoms with Gasteiger partial charge in [-0.3, -0.25) is 9.59 Å². The lowest BCUT2D eigenvalue weighted by molar-refractivity contribution is 0.0587. The van der Waals surface area contributed by atoms with Crippen molar-refractivity contribution in [2.24, 2.45) is 5.92 Å². The molecule has 4 aromatic rings. The van der Waals surface area contributed by atoms with Crippen molar-refractivity contribution < 1.29 is 19.1 Å². The average molecular weight is 518 g/mol. The average Bonchev–Trinajstić information content (AvgIpc) is 3.72. The standard InChI is InChI=1S/C27H23N3O4S2/c31-26(19-2-1-3-20-24(19)36-13-29-20)28-12-21-16-4-6-17(10-16)30(21)27(32)25-18(8-9-35-25)15-5-7-22-23(11-15)34-14-33-22/h1-3,5,7-9,11,13,16-17,21H,4,6,10,12,14H2,(H,28,31)/t16-,17+,21+/m0/s1. The highest BCUT2D eigenvalue weighted by Gasteiger charge is 2.48. The van der Waals surface area contributed by atoms with Crippen LogP contribution >= 0.6 is 22.7 Å². The van der Waals surface area contributed by atoms with E-state index in [1.54, 1.807) is 5.51 Å². The van der Waals surface area contributed by atoms with E-state index < -0.39 is 0 Å². The minimum absolute atomic E-state index is 0.00688. The number of carbonyl (C=O) groups excluding carboxylic acids is 2. The molecular weight excluding hydrogens is 494 g/mol. The molecule has 0 radical (unpaired) electrons. The van der Waals surface area contributed by atoms with Gasteiger partial charge in [-0.05, 0) is 66.5 Å². The number of rotatable bonds is 5. The van der Waals surface area contributed by atoms with Crippen LogP contribution < -0.4 is 14.8 Å². The summed E-state index contributed by atoms with van der Waals surface area (Å²) in [7, 11) is 0. The Kier molecular flexibility index (Phi) is 5.21. The number of ether oxygens (including phenoxy) is 2. The van der Waals surface area contributed by atoms with Gasteiger partial charge in [0.25, 0.3) is 11.8 Å². The molecule has 36 heavy (non-hydrogen) atoms. The van der Waals surface area contributed by atoms with Crippen LogP contribution in [0.15, 0.2) is 53.4 Å². The maximum absolute atomic E-state index is 14.0. The minimum atomic E-state index is -0.114. The predicted molar refractivity (Wildman–Crippen MR) is 139 cm³/mol. The van der Waals surface area contributed by atoms with Crippen molar-refractivity contribution in [1.29, 1.82) is 0 Å². The molecule has 2 bridgehead atoms. The predicted octanol–water partition coefficient (Wildman–Crippen LogP) is 5.18. The van der Waals surface area contributed by atoms with Gasteiger partial charge < -0.3 is 19.7 Å². The van der Waals surface area contributed by atoms with E-state index in [2.05, 4.69) is 10.3 Å². The van der Waals surface area contributed by atoms with Gasteiger partial charge in [0.05, 0.1) is 32.2 Å². The number of likely N-dealkylation sites (tertiary alicyclic amines) is 1. The summed E-state index contributed by atoms with van der Waals surface area (Å²) in [6, 6.07) is 13.6. The molecule has 2 aliphatic heterocycles. The smallest absolute Gasteiger partial charge is 0.265 e. The first-order chi connectivity index (χ1) is 17.7. The maximum Gasteiger partial charge on any atom is 0.265 e. The van der Waals surface area contributed by atoms with Gasteiger partial charge in [-0.2, -0.15) is 0 Å². The molecule has 2 fully saturated rings. The van der Waals surface area contributed by atoms with Crippen LogP contribution in [-0.4, -0.2) is 47.1 Å². The molecule has 2 aromatic carbocycles. The zero-order chi connectivity index (χ0) is 24.2. The Hall–Kier alpha value is -3.43. The maximum atomic E-state index is 14.0. The second-order valence-electron chi connectivity index (χ2n) is 9.45. The number of thiazole rings is 1. The van der Waals surface area contributed by atoms with Crippen molar-refractivity contribution in [3.63, 3.8) is 0 Å². The second kappa shape index (κ2) is 8.60. The molecule has 3 aliphatic rings. The Morgan fingerprint density at radius 1 is 1.08 bits per heavy atom. The second-order valence-corrected chi connectivity index (χ2v) is 11.2. The van der Waals surface area contributed by atoms with E-state index in [-0.39, 0.29) is 30.7 Å². The van der Waals surface area contributed by atoms with Crippen molar-refractivity contribution in [3.05, 3.63) is 63.8 Å². The number of nitrogens with one attached hydrogen (secondary N) is 1. The Morgan fingerprint density at radius 3 is 2.94 bits per heavy atom. The summed E-state index contributed by atoms with van der Waals surface area (Å²) in [6.07, 6.45) is 3.12. The monoisotopic (exact) mass is 517 g/mol. The minimum Gasteiger partial charge on any atom is -0.454 e. The number of piperidine rings is 1. The topological polar surface area (TPSA) is 80.8 Å². The van der Waals surface area contributed by atoms with Crippen LogP contribution in [0.25, 0.3) is 21.3 Å². The summed E-state index contributed by atoms with van der Waals surface area (Å²) < 4.78 is 11.9. The number of thiophene rings is 1. The lowest BCUT2D eigenvalue weighted by Gasteiger charge is -2.35. The number of hydrogen-bond acceptors (Lipinski definition) is 7. The lowest BCUT2D eigenvalue weighted by Crippen LogP contribution is -2.50. The van der Waals surface area contributed by atoms with Crippen LogP contribution in [0.4, 0.5) is 0 Å². The molecule has 7 rings (SSSR count). The van der Waals surface area contributed by atoms with Crippen LogP contribution in [0, 0.1) is 5.92 Å². The Morgan fingerprint density at radius 2 is 2.00 bits per heavy atom. The summed E-state index contributed by atoms with van der Waals surface area (Å²) in [6.45, 7) is 0.668. The molecule has 0 unspecified atom stereocenters. The zero-order valence-corrected chi connectivity index (χ0v) is 20.9. The fraction of sp³-hybridized carbons (Fsp3) is 0.296. The van der Waals surface area contributed by atoms with E-state index in [1.165, 1.54) is 22.7 Å². The first-order valence-electron chi connectivity index (χ1n) is 12.1. The van der Waals surface area contributed by atoms with Crippen LogP contribution in [0.1, 0.15) is 39.3 Å². The van der Waals surface area contributed by atoms with Crippen molar-refractivity contribution in [2.75, 3.05) is 13.3 Å². The molecule has 7 nitrogen and oxygen atoms in total. The van der Waals surface area contributed by atoms with E-state index in [4.69, 9.17) is 9.47 Å². The Labute approximate surface area is 215 Å². The summed E-state index contributed by atoms with van der Waals surface area (Å²) in [5.74, 6) is 1.77. The van der Waals surface area contributed by atoms with Crippen molar-refractivity contribution in [1.82, 2.24) is 15.2 Å². The number of benzene rings is 2. The third kappa shape index (κ3) is 3.49. The molecule has 1 aliphatic carbocycles. The fourth-order valence-electron chi connectivity index (χ4n) is 5.91. The lowest BCUT2D eigenvalue weighted by atomic mass is 9.97. The molecule has 1 saturated carbocycles. The van der Waals surface area contributed by atoms with Gasteiger partial charge in [0.1, 0.15) is 0 Å². The Balaban J connectivity index is 1.13. The van der Waals surface area contributed by atoms with E-state index in [1.807, 2.05) is 52.7 Å². The van der Waals surface area contributed by atoms with Gasteiger partial charge in [-0.1, -0.05) is 12.1 Å². The number of amides is 2. The summed E-state index contributed by atoms with van der Waals surface area (Å²) in [4.78, 5) is 34.1. The highest BCUT2D eigenvalue weighted by Crippen LogP contribution is 2.45. The number of fused-ring (bicyclic) bond motifs is 4. The van der Waals surface area contributed by atoms with Crippen LogP contribution in [-0.2, 0) is 0 Å². The number of aromatic nitrogens is 1. The highest BCUT2D eigenvalue weighted by molar-refractivity contribution is 7.17. The first-order valence-corrected chi connectivity index (χ1v) is 13.8. The number of nitrogens with zero attached hydrogens (tertiary/aromatic N) is 2. The van der Waals surface area contributed by atoms with E-state index >= 15 is 0 Å². The van der Waals surface area contributed by atoms with E-state index in [9.17, 15) is 9.59 Å².